The molecule has 0 aliphatic heterocycles. The molecule has 0 atom stereocenters. The number of hydrogen-bond acceptors (Lipinski definition) is 6. The Morgan fingerprint density at radius 2 is 1.81 bits per heavy atom. The summed E-state index contributed by atoms with van der Waals surface area (Å²) in [7, 11) is 0. The molecule has 1 aromatic heterocycles. The second-order valence-electron chi connectivity index (χ2n) is 5.45. The minimum absolute atomic E-state index is 0.0678. The van der Waals surface area contributed by atoms with Gasteiger partial charge in [-0.25, -0.2) is 0 Å². The number of benzene rings is 2. The van der Waals surface area contributed by atoms with Crippen LogP contribution in [0.2, 0.25) is 0 Å². The zero-order valence-corrected chi connectivity index (χ0v) is 16.0. The molecular weight excluding hydrogens is 366 g/mol. The van der Waals surface area contributed by atoms with Crippen molar-refractivity contribution in [2.75, 3.05) is 17.7 Å². The van der Waals surface area contributed by atoms with Crippen LogP contribution < -0.4 is 10.1 Å². The van der Waals surface area contributed by atoms with Crippen LogP contribution in [-0.2, 0) is 4.79 Å². The molecule has 0 bridgehead atoms. The van der Waals surface area contributed by atoms with Crippen LogP contribution in [0.5, 0.6) is 5.75 Å². The van der Waals surface area contributed by atoms with E-state index in [-0.39, 0.29) is 12.5 Å². The second-order valence-corrected chi connectivity index (χ2v) is 7.77. The van der Waals surface area contributed by atoms with Gasteiger partial charge in [-0.3, -0.25) is 10.1 Å². The molecule has 0 unspecified atom stereocenters. The lowest BCUT2D eigenvalue weighted by molar-refractivity contribution is -0.118. The lowest BCUT2D eigenvalue weighted by atomic mass is 10.1. The van der Waals surface area contributed by atoms with Gasteiger partial charge >= 0.3 is 0 Å². The fourth-order valence-corrected chi connectivity index (χ4v) is 3.88. The minimum atomic E-state index is -0.250. The number of amides is 1. The van der Waals surface area contributed by atoms with Crippen molar-refractivity contribution in [1.82, 2.24) is 10.2 Å². The van der Waals surface area contributed by atoms with Crippen molar-refractivity contribution in [3.63, 3.8) is 0 Å². The van der Waals surface area contributed by atoms with Crippen molar-refractivity contribution in [2.45, 2.75) is 17.7 Å². The van der Waals surface area contributed by atoms with Crippen LogP contribution in [0.15, 0.2) is 58.9 Å². The third-order valence-corrected chi connectivity index (χ3v) is 5.59. The predicted octanol–water partition coefficient (Wildman–Crippen LogP) is 4.72. The van der Waals surface area contributed by atoms with Crippen molar-refractivity contribution >= 4 is 34.1 Å². The summed E-state index contributed by atoms with van der Waals surface area (Å²) in [6, 6.07) is 17.8. The van der Waals surface area contributed by atoms with Gasteiger partial charge in [-0.2, -0.15) is 0 Å². The van der Waals surface area contributed by atoms with Crippen molar-refractivity contribution in [3.8, 4) is 16.9 Å². The van der Waals surface area contributed by atoms with Gasteiger partial charge in [0, 0.05) is 5.75 Å². The monoisotopic (exact) mass is 385 g/mol. The van der Waals surface area contributed by atoms with Gasteiger partial charge in [0.15, 0.2) is 10.9 Å². The number of rotatable bonds is 8. The summed E-state index contributed by atoms with van der Waals surface area (Å²) in [5.74, 6) is 1.39. The quantitative estimate of drug-likeness (QED) is 0.449. The number of carbonyl (C=O) groups is 1. The molecule has 0 radical (unpaired) electrons. The van der Waals surface area contributed by atoms with Gasteiger partial charge in [0.25, 0.3) is 5.91 Å². The molecule has 3 rings (SSSR count). The van der Waals surface area contributed by atoms with Gasteiger partial charge in [0.05, 0.1) is 0 Å². The van der Waals surface area contributed by atoms with Gasteiger partial charge in [-0.05, 0) is 29.7 Å². The molecule has 3 aromatic rings. The Labute approximate surface area is 160 Å². The third-order valence-electron chi connectivity index (χ3n) is 3.41. The summed E-state index contributed by atoms with van der Waals surface area (Å²) in [5, 5.41) is 11.2. The molecule has 0 spiro atoms. The van der Waals surface area contributed by atoms with Gasteiger partial charge in [-0.15, -0.1) is 10.2 Å². The Morgan fingerprint density at radius 3 is 2.54 bits per heavy atom. The number of aromatic nitrogens is 2. The highest BCUT2D eigenvalue weighted by Gasteiger charge is 2.09. The van der Waals surface area contributed by atoms with Crippen molar-refractivity contribution in [3.05, 3.63) is 54.6 Å². The summed E-state index contributed by atoms with van der Waals surface area (Å²) in [6.45, 7) is 2.04. The predicted molar refractivity (Wildman–Crippen MR) is 107 cm³/mol. The van der Waals surface area contributed by atoms with E-state index < -0.39 is 0 Å². The number of hydrogen-bond donors (Lipinski definition) is 1. The molecule has 1 amide bonds. The summed E-state index contributed by atoms with van der Waals surface area (Å²) in [6.07, 6.45) is 1.07. The summed E-state index contributed by atoms with van der Waals surface area (Å²) in [4.78, 5) is 12.0. The van der Waals surface area contributed by atoms with E-state index in [4.69, 9.17) is 4.74 Å². The maximum Gasteiger partial charge on any atom is 0.264 e. The van der Waals surface area contributed by atoms with E-state index in [0.717, 1.165) is 27.6 Å². The van der Waals surface area contributed by atoms with E-state index in [0.29, 0.717) is 10.9 Å². The highest BCUT2D eigenvalue weighted by Crippen LogP contribution is 2.26. The molecule has 1 heterocycles. The topological polar surface area (TPSA) is 64.1 Å². The van der Waals surface area contributed by atoms with Gasteiger partial charge < -0.3 is 4.74 Å². The molecule has 1 N–H and O–H groups in total. The van der Waals surface area contributed by atoms with Crippen molar-refractivity contribution < 1.29 is 9.53 Å². The van der Waals surface area contributed by atoms with Crippen LogP contribution in [-0.4, -0.2) is 28.5 Å². The standard InChI is InChI=1S/C19H19N3O2S2/c1-2-12-25-19-22-21-18(26-19)20-17(23)13-24-16-10-8-15(9-11-16)14-6-4-3-5-7-14/h3-11H,2,12-13H2,1H3,(H,20,21,23). The smallest absolute Gasteiger partial charge is 0.264 e. The minimum Gasteiger partial charge on any atom is -0.484 e. The van der Waals surface area contributed by atoms with Crippen LogP contribution >= 0.6 is 23.1 Å². The van der Waals surface area contributed by atoms with Crippen LogP contribution in [0.25, 0.3) is 11.1 Å². The average molecular weight is 386 g/mol. The Hall–Kier alpha value is -2.38. The van der Waals surface area contributed by atoms with E-state index in [1.807, 2.05) is 42.5 Å². The highest BCUT2D eigenvalue weighted by molar-refractivity contribution is 8.01. The summed E-state index contributed by atoms with van der Waals surface area (Å²) < 4.78 is 6.40. The first-order valence-electron chi connectivity index (χ1n) is 8.29. The first kappa shape index (κ1) is 18.4. The Morgan fingerprint density at radius 1 is 1.08 bits per heavy atom. The van der Waals surface area contributed by atoms with Crippen molar-refractivity contribution in [2.24, 2.45) is 0 Å². The molecule has 26 heavy (non-hydrogen) atoms. The number of carbonyl (C=O) groups excluding carboxylic acids is 1. The second kappa shape index (κ2) is 9.35. The molecule has 0 saturated heterocycles. The maximum atomic E-state index is 12.0. The van der Waals surface area contributed by atoms with Gasteiger partial charge in [0.1, 0.15) is 5.75 Å². The van der Waals surface area contributed by atoms with Crippen LogP contribution in [0.3, 0.4) is 0 Å². The Balaban J connectivity index is 1.49. The van der Waals surface area contributed by atoms with E-state index in [1.165, 1.54) is 11.3 Å². The first-order chi connectivity index (χ1) is 12.7. The fraction of sp³-hybridized carbons (Fsp3) is 0.211. The molecule has 134 valence electrons. The molecule has 7 heteroatoms. The Kier molecular flexibility index (Phi) is 6.62. The van der Waals surface area contributed by atoms with Gasteiger partial charge in [0.2, 0.25) is 5.13 Å². The maximum absolute atomic E-state index is 12.0. The fourth-order valence-electron chi connectivity index (χ4n) is 2.19. The van der Waals surface area contributed by atoms with Gasteiger partial charge in [-0.1, -0.05) is 72.5 Å². The van der Waals surface area contributed by atoms with Crippen LogP contribution in [0, 0.1) is 0 Å². The highest BCUT2D eigenvalue weighted by atomic mass is 32.2. The largest absolute Gasteiger partial charge is 0.484 e. The zero-order chi connectivity index (χ0) is 18.2. The SMILES string of the molecule is CCCSc1nnc(NC(=O)COc2ccc(-c3ccccc3)cc2)s1. The number of thioether (sulfide) groups is 1. The molecule has 0 aliphatic rings. The van der Waals surface area contributed by atoms with Crippen LogP contribution in [0.4, 0.5) is 5.13 Å². The van der Waals surface area contributed by atoms with E-state index in [9.17, 15) is 4.79 Å². The average Bonchev–Trinajstić information content (AvgIpc) is 3.13. The number of nitrogens with one attached hydrogen (secondary N) is 1. The van der Waals surface area contributed by atoms with E-state index in [2.05, 4.69) is 34.6 Å². The molecule has 5 nitrogen and oxygen atoms in total. The molecule has 0 fully saturated rings. The van der Waals surface area contributed by atoms with E-state index in [1.54, 1.807) is 11.8 Å². The summed E-state index contributed by atoms with van der Waals surface area (Å²) in [5.41, 5.74) is 2.25. The lowest BCUT2D eigenvalue weighted by Gasteiger charge is -2.07. The van der Waals surface area contributed by atoms with E-state index >= 15 is 0 Å². The number of nitrogens with zero attached hydrogens (tertiary/aromatic N) is 2. The number of ether oxygens (including phenoxy) is 1. The molecule has 2 aromatic carbocycles. The Bertz CT molecular complexity index is 836. The number of anilines is 1. The van der Waals surface area contributed by atoms with Crippen LogP contribution in [0.1, 0.15) is 13.3 Å². The molecular formula is C19H19N3O2S2. The third kappa shape index (κ3) is 5.31. The normalized spacial score (nSPS) is 10.5. The molecule has 0 saturated carbocycles. The first-order valence-corrected chi connectivity index (χ1v) is 10.1. The molecule has 0 aliphatic carbocycles. The lowest BCUT2D eigenvalue weighted by Crippen LogP contribution is -2.20. The summed E-state index contributed by atoms with van der Waals surface area (Å²) >= 11 is 3.02. The zero-order valence-electron chi connectivity index (χ0n) is 14.3. The van der Waals surface area contributed by atoms with Crippen molar-refractivity contribution in [1.29, 1.82) is 0 Å².